The second kappa shape index (κ2) is 5.77. The van der Waals surface area contributed by atoms with Crippen molar-refractivity contribution in [3.05, 3.63) is 29.8 Å². The van der Waals surface area contributed by atoms with Crippen LogP contribution in [0.15, 0.2) is 18.5 Å². The van der Waals surface area contributed by atoms with Crippen molar-refractivity contribution in [2.24, 2.45) is 0 Å². The number of amides is 1. The lowest BCUT2D eigenvalue weighted by molar-refractivity contribution is -0.172. The summed E-state index contributed by atoms with van der Waals surface area (Å²) in [6, 6.07) is -0.301. The van der Waals surface area contributed by atoms with Gasteiger partial charge in [0.25, 0.3) is 5.91 Å². The monoisotopic (exact) mass is 341 g/mol. The van der Waals surface area contributed by atoms with Crippen molar-refractivity contribution in [2.45, 2.75) is 25.6 Å². The number of methoxy groups -OCH3 is 1. The van der Waals surface area contributed by atoms with Crippen LogP contribution >= 0.6 is 0 Å². The van der Waals surface area contributed by atoms with Gasteiger partial charge in [-0.2, -0.15) is 18.3 Å². The maximum Gasteiger partial charge on any atom is 0.410 e. The molecule has 0 saturated heterocycles. The first kappa shape index (κ1) is 16.2. The van der Waals surface area contributed by atoms with Crippen LogP contribution in [0.25, 0.3) is 0 Å². The van der Waals surface area contributed by atoms with Crippen molar-refractivity contribution < 1.29 is 22.7 Å². The summed E-state index contributed by atoms with van der Waals surface area (Å²) in [5, 5.41) is 3.90. The molecule has 0 fully saturated rings. The first-order chi connectivity index (χ1) is 11.3. The molecule has 1 unspecified atom stereocenters. The van der Waals surface area contributed by atoms with E-state index in [4.69, 9.17) is 4.74 Å². The molecule has 1 aliphatic heterocycles. The van der Waals surface area contributed by atoms with Crippen molar-refractivity contribution in [2.75, 3.05) is 18.6 Å². The van der Waals surface area contributed by atoms with Gasteiger partial charge in [0.2, 0.25) is 5.88 Å². The molecule has 10 heteroatoms. The molecule has 7 nitrogen and oxygen atoms in total. The lowest BCUT2D eigenvalue weighted by atomic mass is 10.1. The fourth-order valence-electron chi connectivity index (χ4n) is 2.62. The van der Waals surface area contributed by atoms with E-state index in [1.165, 1.54) is 30.5 Å². The highest BCUT2D eigenvalue weighted by Crippen LogP contribution is 2.39. The van der Waals surface area contributed by atoms with Gasteiger partial charge >= 0.3 is 6.18 Å². The first-order valence-corrected chi connectivity index (χ1v) is 7.12. The summed E-state index contributed by atoms with van der Waals surface area (Å²) in [5.41, 5.74) is 0.390. The second-order valence-electron chi connectivity index (χ2n) is 5.34. The van der Waals surface area contributed by atoms with Crippen molar-refractivity contribution in [1.29, 1.82) is 0 Å². The quantitative estimate of drug-likeness (QED) is 0.837. The number of aryl methyl sites for hydroxylation is 1. The highest BCUT2D eigenvalue weighted by molar-refractivity contribution is 6.04. The average Bonchev–Trinajstić information content (AvgIpc) is 2.93. The Bertz CT molecular complexity index is 774. The van der Waals surface area contributed by atoms with Crippen LogP contribution in [-0.2, 0) is 0 Å². The Hall–Kier alpha value is -2.65. The molecule has 3 heterocycles. The normalized spacial score (nSPS) is 17.5. The molecule has 2 aromatic rings. The van der Waals surface area contributed by atoms with Gasteiger partial charge in [-0.1, -0.05) is 0 Å². The number of nitrogens with zero attached hydrogens (tertiary/aromatic N) is 5. The molecular weight excluding hydrogens is 327 g/mol. The number of alkyl halides is 3. The number of carbonyl (C=O) groups excluding carboxylic acids is 1. The third-order valence-electron chi connectivity index (χ3n) is 3.70. The van der Waals surface area contributed by atoms with Gasteiger partial charge in [-0.3, -0.25) is 14.7 Å². The van der Waals surface area contributed by atoms with Gasteiger partial charge in [0, 0.05) is 12.6 Å². The van der Waals surface area contributed by atoms with E-state index < -0.39 is 18.1 Å². The number of aromatic nitrogens is 4. The number of fused-ring (bicyclic) bond motifs is 1. The number of anilines is 1. The lowest BCUT2D eigenvalue weighted by Crippen LogP contribution is -2.43. The Morgan fingerprint density at radius 2 is 2.12 bits per heavy atom. The largest absolute Gasteiger partial charge is 0.480 e. The molecule has 0 spiro atoms. The van der Waals surface area contributed by atoms with Gasteiger partial charge in [0.05, 0.1) is 25.2 Å². The number of carbonyl (C=O) groups is 1. The molecule has 1 amide bonds. The van der Waals surface area contributed by atoms with Crippen LogP contribution in [0.2, 0.25) is 0 Å². The van der Waals surface area contributed by atoms with E-state index in [1.807, 2.05) is 0 Å². The number of hydrogen-bond donors (Lipinski definition) is 0. The van der Waals surface area contributed by atoms with Gasteiger partial charge < -0.3 is 4.74 Å². The number of hydrogen-bond acceptors (Lipinski definition) is 5. The van der Waals surface area contributed by atoms with Crippen LogP contribution in [0.1, 0.15) is 28.6 Å². The van der Waals surface area contributed by atoms with Crippen molar-refractivity contribution in [3.63, 3.8) is 0 Å². The third-order valence-corrected chi connectivity index (χ3v) is 3.70. The Morgan fingerprint density at radius 3 is 2.79 bits per heavy atom. The molecule has 3 rings (SSSR count). The molecule has 24 heavy (non-hydrogen) atoms. The molecule has 0 N–H and O–H groups in total. The molecule has 0 bridgehead atoms. The van der Waals surface area contributed by atoms with Crippen LogP contribution in [0.4, 0.5) is 19.0 Å². The molecular formula is C14H14F3N5O2. The summed E-state index contributed by atoms with van der Waals surface area (Å²) in [5.74, 6) is -0.311. The van der Waals surface area contributed by atoms with Gasteiger partial charge in [0.1, 0.15) is 5.82 Å². The molecule has 1 atom stereocenters. The van der Waals surface area contributed by atoms with E-state index >= 15 is 0 Å². The van der Waals surface area contributed by atoms with Crippen LogP contribution < -0.4 is 9.64 Å². The standard InChI is InChI=1S/C14H14F3N5O2/c1-8-5-12-21(4-3-10(14(15,16)17)22(12)20-8)13(23)9-6-18-7-11(19-9)24-2/h5-7,10H,3-4H2,1-2H3. The highest BCUT2D eigenvalue weighted by atomic mass is 19.4. The van der Waals surface area contributed by atoms with Crippen molar-refractivity contribution >= 4 is 11.7 Å². The molecule has 1 aliphatic rings. The SMILES string of the molecule is COc1cncc(C(=O)N2CCC(C(F)(F)F)n3nc(C)cc32)n1. The molecule has 0 saturated carbocycles. The van der Waals surface area contributed by atoms with E-state index in [-0.39, 0.29) is 30.4 Å². The minimum atomic E-state index is -4.43. The summed E-state index contributed by atoms with van der Waals surface area (Å²) in [6.07, 6.45) is -2.13. The first-order valence-electron chi connectivity index (χ1n) is 7.12. The topological polar surface area (TPSA) is 73.1 Å². The smallest absolute Gasteiger partial charge is 0.410 e. The second-order valence-corrected chi connectivity index (χ2v) is 5.34. The summed E-state index contributed by atoms with van der Waals surface area (Å²) in [7, 11) is 1.38. The Balaban J connectivity index is 1.98. The van der Waals surface area contributed by atoms with Crippen LogP contribution in [0.5, 0.6) is 5.88 Å². The zero-order valence-electron chi connectivity index (χ0n) is 12.9. The fraction of sp³-hybridized carbons (Fsp3) is 0.429. The van der Waals surface area contributed by atoms with Crippen LogP contribution in [0, 0.1) is 6.92 Å². The fourth-order valence-corrected chi connectivity index (χ4v) is 2.62. The van der Waals surface area contributed by atoms with E-state index in [1.54, 1.807) is 6.92 Å². The van der Waals surface area contributed by atoms with Gasteiger partial charge in [0.15, 0.2) is 11.7 Å². The van der Waals surface area contributed by atoms with E-state index in [0.717, 1.165) is 4.68 Å². The van der Waals surface area contributed by atoms with E-state index in [2.05, 4.69) is 15.1 Å². The molecule has 0 radical (unpaired) electrons. The highest BCUT2D eigenvalue weighted by Gasteiger charge is 2.46. The maximum atomic E-state index is 13.2. The summed E-state index contributed by atoms with van der Waals surface area (Å²) in [6.45, 7) is 1.49. The predicted octanol–water partition coefficient (Wildman–Crippen LogP) is 2.14. The maximum absolute atomic E-state index is 13.2. The summed E-state index contributed by atoms with van der Waals surface area (Å²) >= 11 is 0. The van der Waals surface area contributed by atoms with Gasteiger partial charge in [-0.25, -0.2) is 9.67 Å². The number of halogens is 3. The lowest BCUT2D eigenvalue weighted by Gasteiger charge is -2.33. The Labute approximate surface area is 135 Å². The summed E-state index contributed by atoms with van der Waals surface area (Å²) in [4.78, 5) is 21.7. The summed E-state index contributed by atoms with van der Waals surface area (Å²) < 4.78 is 45.3. The van der Waals surface area contributed by atoms with Crippen molar-refractivity contribution in [1.82, 2.24) is 19.7 Å². The van der Waals surface area contributed by atoms with Crippen LogP contribution in [0.3, 0.4) is 0 Å². The van der Waals surface area contributed by atoms with E-state index in [0.29, 0.717) is 5.69 Å². The zero-order valence-corrected chi connectivity index (χ0v) is 12.9. The zero-order chi connectivity index (χ0) is 17.5. The van der Waals surface area contributed by atoms with Gasteiger partial charge in [-0.15, -0.1) is 0 Å². The molecule has 128 valence electrons. The minimum absolute atomic E-state index is 0.00906. The Kier molecular flexibility index (Phi) is 3.90. The third kappa shape index (κ3) is 2.79. The van der Waals surface area contributed by atoms with Gasteiger partial charge in [-0.05, 0) is 13.3 Å². The van der Waals surface area contributed by atoms with Crippen molar-refractivity contribution in [3.8, 4) is 5.88 Å². The van der Waals surface area contributed by atoms with Crippen LogP contribution in [-0.4, -0.2) is 45.5 Å². The predicted molar refractivity (Wildman–Crippen MR) is 76.9 cm³/mol. The Morgan fingerprint density at radius 1 is 1.38 bits per heavy atom. The molecule has 0 aromatic carbocycles. The molecule has 2 aromatic heterocycles. The molecule has 0 aliphatic carbocycles. The minimum Gasteiger partial charge on any atom is -0.480 e. The number of rotatable bonds is 2. The number of ether oxygens (including phenoxy) is 1. The van der Waals surface area contributed by atoms with E-state index in [9.17, 15) is 18.0 Å². The average molecular weight is 341 g/mol.